The largest absolute Gasteiger partial charge is 0.418 e. The third kappa shape index (κ3) is 4.16. The zero-order valence-corrected chi connectivity index (χ0v) is 13.3. The van der Waals surface area contributed by atoms with Crippen LogP contribution in [0.2, 0.25) is 5.02 Å². The summed E-state index contributed by atoms with van der Waals surface area (Å²) in [5.74, 6) is 0.212. The topological polar surface area (TPSA) is 62.7 Å². The average Bonchev–Trinajstić information content (AvgIpc) is 2.57. The Hall–Kier alpha value is -2.87. The quantitative estimate of drug-likeness (QED) is 0.679. The number of hydrogen-bond donors (Lipinski definition) is 2. The Kier molecular flexibility index (Phi) is 4.71. The molecule has 0 unspecified atom stereocenters. The number of hydrogen-bond acceptors (Lipinski definition) is 5. The van der Waals surface area contributed by atoms with E-state index in [2.05, 4.69) is 25.8 Å². The number of nitrogens with zero attached hydrogens (tertiary/aromatic N) is 3. The van der Waals surface area contributed by atoms with Crippen LogP contribution in [0.3, 0.4) is 0 Å². The number of nitrogens with one attached hydrogen (secondary N) is 2. The molecule has 0 bridgehead atoms. The van der Waals surface area contributed by atoms with Crippen molar-refractivity contribution in [3.05, 3.63) is 65.3 Å². The lowest BCUT2D eigenvalue weighted by Gasteiger charge is -2.13. The van der Waals surface area contributed by atoms with Crippen molar-refractivity contribution in [3.63, 3.8) is 0 Å². The van der Waals surface area contributed by atoms with Crippen LogP contribution in [0.25, 0.3) is 0 Å². The molecule has 0 aliphatic rings. The molecule has 0 radical (unpaired) electrons. The van der Waals surface area contributed by atoms with Crippen molar-refractivity contribution >= 4 is 34.7 Å². The van der Waals surface area contributed by atoms with Gasteiger partial charge in [0.25, 0.3) is 0 Å². The van der Waals surface area contributed by atoms with Crippen molar-refractivity contribution in [3.8, 4) is 0 Å². The summed E-state index contributed by atoms with van der Waals surface area (Å²) in [5, 5.41) is 13.4. The summed E-state index contributed by atoms with van der Waals surface area (Å²) in [6, 6.07) is 12.0. The second kappa shape index (κ2) is 6.94. The average molecular weight is 366 g/mol. The van der Waals surface area contributed by atoms with E-state index in [0.717, 1.165) is 6.07 Å². The molecule has 5 nitrogen and oxygen atoms in total. The van der Waals surface area contributed by atoms with E-state index in [0.29, 0.717) is 10.7 Å². The molecule has 1 aromatic heterocycles. The van der Waals surface area contributed by atoms with E-state index in [-0.39, 0.29) is 17.5 Å². The summed E-state index contributed by atoms with van der Waals surface area (Å²) in [6.45, 7) is 0. The highest BCUT2D eigenvalue weighted by Crippen LogP contribution is 2.35. The summed E-state index contributed by atoms with van der Waals surface area (Å²) in [6.07, 6.45) is -3.16. The van der Waals surface area contributed by atoms with E-state index in [4.69, 9.17) is 11.6 Å². The van der Waals surface area contributed by atoms with Gasteiger partial charge in [-0.3, -0.25) is 0 Å². The van der Waals surface area contributed by atoms with E-state index in [1.54, 1.807) is 24.3 Å². The van der Waals surface area contributed by atoms with Gasteiger partial charge in [0.2, 0.25) is 5.95 Å². The molecule has 2 N–H and O–H groups in total. The van der Waals surface area contributed by atoms with Crippen LogP contribution in [0.15, 0.2) is 54.7 Å². The maximum absolute atomic E-state index is 13.0. The standard InChI is InChI=1S/C16H11ClF3N5/c17-11-6-2-4-8-13(11)22-14-9-21-25-15(24-14)23-12-7-3-1-5-10(12)16(18,19)20/h1-9H,(H2,22,23,24,25). The molecular formula is C16H11ClF3N5. The highest BCUT2D eigenvalue weighted by atomic mass is 35.5. The Morgan fingerprint density at radius 3 is 2.28 bits per heavy atom. The molecule has 3 aromatic rings. The van der Waals surface area contributed by atoms with Gasteiger partial charge in [-0.05, 0) is 24.3 Å². The highest BCUT2D eigenvalue weighted by molar-refractivity contribution is 6.33. The lowest BCUT2D eigenvalue weighted by molar-refractivity contribution is -0.136. The van der Waals surface area contributed by atoms with Crippen LogP contribution < -0.4 is 10.6 Å². The minimum Gasteiger partial charge on any atom is -0.338 e. The molecule has 2 aromatic carbocycles. The number of halogens is 4. The molecular weight excluding hydrogens is 355 g/mol. The van der Waals surface area contributed by atoms with Crippen molar-refractivity contribution in [1.29, 1.82) is 0 Å². The molecule has 9 heteroatoms. The molecule has 0 atom stereocenters. The Labute approximate surface area is 145 Å². The normalized spacial score (nSPS) is 11.2. The molecule has 0 spiro atoms. The second-order valence-corrected chi connectivity index (χ2v) is 5.35. The van der Waals surface area contributed by atoms with Crippen molar-refractivity contribution in [2.24, 2.45) is 0 Å². The van der Waals surface area contributed by atoms with E-state index >= 15 is 0 Å². The minimum atomic E-state index is -4.50. The van der Waals surface area contributed by atoms with E-state index < -0.39 is 11.7 Å². The molecule has 25 heavy (non-hydrogen) atoms. The zero-order valence-electron chi connectivity index (χ0n) is 12.5. The Balaban J connectivity index is 1.85. The molecule has 0 saturated carbocycles. The molecule has 1 heterocycles. The Morgan fingerprint density at radius 1 is 0.880 bits per heavy atom. The van der Waals surface area contributed by atoms with Gasteiger partial charge in [-0.2, -0.15) is 23.3 Å². The first-order valence-electron chi connectivity index (χ1n) is 7.08. The van der Waals surface area contributed by atoms with Crippen LogP contribution >= 0.6 is 11.6 Å². The van der Waals surface area contributed by atoms with Crippen molar-refractivity contribution in [2.75, 3.05) is 10.6 Å². The van der Waals surface area contributed by atoms with Gasteiger partial charge in [-0.25, -0.2) is 0 Å². The summed E-state index contributed by atoms with van der Waals surface area (Å²) in [7, 11) is 0. The summed E-state index contributed by atoms with van der Waals surface area (Å²) >= 11 is 6.05. The lowest BCUT2D eigenvalue weighted by atomic mass is 10.1. The first-order valence-corrected chi connectivity index (χ1v) is 7.46. The number of rotatable bonds is 4. The Morgan fingerprint density at radius 2 is 1.56 bits per heavy atom. The van der Waals surface area contributed by atoms with Gasteiger partial charge >= 0.3 is 6.18 Å². The summed E-state index contributed by atoms with van der Waals surface area (Å²) in [4.78, 5) is 4.11. The number of anilines is 4. The number of para-hydroxylation sites is 2. The van der Waals surface area contributed by atoms with Gasteiger partial charge in [0.05, 0.1) is 28.2 Å². The van der Waals surface area contributed by atoms with Crippen molar-refractivity contribution in [2.45, 2.75) is 6.18 Å². The summed E-state index contributed by atoms with van der Waals surface area (Å²) < 4.78 is 39.1. The van der Waals surface area contributed by atoms with Gasteiger partial charge in [-0.15, -0.1) is 5.10 Å². The van der Waals surface area contributed by atoms with Crippen LogP contribution in [0.5, 0.6) is 0 Å². The third-order valence-corrected chi connectivity index (χ3v) is 3.50. The minimum absolute atomic E-state index is 0.0752. The van der Waals surface area contributed by atoms with Crippen molar-refractivity contribution in [1.82, 2.24) is 15.2 Å². The molecule has 0 aliphatic carbocycles. The van der Waals surface area contributed by atoms with Crippen LogP contribution in [-0.4, -0.2) is 15.2 Å². The maximum Gasteiger partial charge on any atom is 0.418 e. The van der Waals surface area contributed by atoms with Crippen LogP contribution in [0.1, 0.15) is 5.56 Å². The molecule has 3 rings (SSSR count). The van der Waals surface area contributed by atoms with Crippen LogP contribution in [-0.2, 0) is 6.18 Å². The predicted molar refractivity (Wildman–Crippen MR) is 89.3 cm³/mol. The number of aromatic nitrogens is 3. The zero-order chi connectivity index (χ0) is 17.9. The van der Waals surface area contributed by atoms with Crippen LogP contribution in [0.4, 0.5) is 36.3 Å². The Bertz CT molecular complexity index is 885. The molecule has 0 aliphatic heterocycles. The summed E-state index contributed by atoms with van der Waals surface area (Å²) in [5.41, 5.74) is -0.388. The molecule has 128 valence electrons. The number of alkyl halides is 3. The first kappa shape index (κ1) is 17.0. The number of benzene rings is 2. The smallest absolute Gasteiger partial charge is 0.338 e. The van der Waals surface area contributed by atoms with Gasteiger partial charge in [0, 0.05) is 0 Å². The predicted octanol–water partition coefficient (Wildman–Crippen LogP) is 5.03. The maximum atomic E-state index is 13.0. The van der Waals surface area contributed by atoms with E-state index in [1.807, 2.05) is 0 Å². The monoisotopic (exact) mass is 365 g/mol. The van der Waals surface area contributed by atoms with E-state index in [1.165, 1.54) is 24.4 Å². The SMILES string of the molecule is FC(F)(F)c1ccccc1Nc1nncc(Nc2ccccc2Cl)n1. The molecule has 0 saturated heterocycles. The molecule has 0 amide bonds. The van der Waals surface area contributed by atoms with Crippen LogP contribution in [0, 0.1) is 0 Å². The van der Waals surface area contributed by atoms with Crippen molar-refractivity contribution < 1.29 is 13.2 Å². The van der Waals surface area contributed by atoms with Gasteiger partial charge in [0.15, 0.2) is 5.82 Å². The lowest BCUT2D eigenvalue weighted by Crippen LogP contribution is -2.10. The fraction of sp³-hybridized carbons (Fsp3) is 0.0625. The fourth-order valence-electron chi connectivity index (χ4n) is 2.08. The fourth-order valence-corrected chi connectivity index (χ4v) is 2.26. The van der Waals surface area contributed by atoms with Gasteiger partial charge < -0.3 is 10.6 Å². The second-order valence-electron chi connectivity index (χ2n) is 4.94. The van der Waals surface area contributed by atoms with E-state index in [9.17, 15) is 13.2 Å². The molecule has 0 fully saturated rings. The third-order valence-electron chi connectivity index (χ3n) is 3.17. The van der Waals surface area contributed by atoms with Gasteiger partial charge in [-0.1, -0.05) is 35.9 Å². The highest BCUT2D eigenvalue weighted by Gasteiger charge is 2.33. The first-order chi connectivity index (χ1) is 11.9. The van der Waals surface area contributed by atoms with Gasteiger partial charge in [0.1, 0.15) is 0 Å².